The second-order valence-corrected chi connectivity index (χ2v) is 3.48. The molecule has 0 fully saturated rings. The molecule has 0 bridgehead atoms. The Labute approximate surface area is 98.5 Å². The number of hydrogen-bond acceptors (Lipinski definition) is 5. The van der Waals surface area contributed by atoms with E-state index in [9.17, 15) is 0 Å². The molecule has 0 aliphatic rings. The van der Waals surface area contributed by atoms with Gasteiger partial charge in [0.2, 0.25) is 5.88 Å². The second kappa shape index (κ2) is 4.49. The normalized spacial score (nSPS) is 9.65. The summed E-state index contributed by atoms with van der Waals surface area (Å²) >= 11 is 0. The molecule has 2 aromatic rings. The number of ether oxygens (including phenoxy) is 1. The van der Waals surface area contributed by atoms with Crippen LogP contribution in [0.25, 0.3) is 0 Å². The molecule has 0 aliphatic heterocycles. The van der Waals surface area contributed by atoms with E-state index in [1.807, 2.05) is 19.1 Å². The maximum atomic E-state index is 8.59. The van der Waals surface area contributed by atoms with Crippen LogP contribution in [0.2, 0.25) is 0 Å². The van der Waals surface area contributed by atoms with Gasteiger partial charge in [-0.15, -0.1) is 0 Å². The maximum absolute atomic E-state index is 8.59. The zero-order valence-corrected chi connectivity index (χ0v) is 9.21. The summed E-state index contributed by atoms with van der Waals surface area (Å²) in [7, 11) is 0. The third kappa shape index (κ3) is 2.49. The molecule has 2 N–H and O–H groups in total. The van der Waals surface area contributed by atoms with E-state index in [2.05, 4.69) is 9.97 Å². The number of rotatable bonds is 2. The number of nitrogens with zero attached hydrogens (tertiary/aromatic N) is 3. The van der Waals surface area contributed by atoms with Crippen LogP contribution in [0.15, 0.2) is 30.6 Å². The molecule has 0 radical (unpaired) electrons. The van der Waals surface area contributed by atoms with Crippen LogP contribution in [0.1, 0.15) is 11.3 Å². The van der Waals surface area contributed by atoms with E-state index in [0.29, 0.717) is 17.3 Å². The van der Waals surface area contributed by atoms with Crippen molar-refractivity contribution in [2.24, 2.45) is 0 Å². The van der Waals surface area contributed by atoms with Crippen molar-refractivity contribution in [1.82, 2.24) is 9.97 Å². The molecule has 0 amide bonds. The van der Waals surface area contributed by atoms with E-state index in [4.69, 9.17) is 15.7 Å². The van der Waals surface area contributed by atoms with E-state index in [1.54, 1.807) is 12.1 Å². The molecule has 84 valence electrons. The first-order valence-corrected chi connectivity index (χ1v) is 4.95. The van der Waals surface area contributed by atoms with Gasteiger partial charge >= 0.3 is 0 Å². The summed E-state index contributed by atoms with van der Waals surface area (Å²) in [5.41, 5.74) is 7.49. The molecule has 1 heterocycles. The molecule has 5 nitrogen and oxygen atoms in total. The Bertz CT molecular complexity index is 572. The van der Waals surface area contributed by atoms with Crippen molar-refractivity contribution in [3.05, 3.63) is 41.9 Å². The summed E-state index contributed by atoms with van der Waals surface area (Å²) < 4.78 is 5.53. The highest BCUT2D eigenvalue weighted by molar-refractivity contribution is 5.48. The molecule has 0 saturated heterocycles. The molecule has 0 spiro atoms. The lowest BCUT2D eigenvalue weighted by Crippen LogP contribution is -1.94. The summed E-state index contributed by atoms with van der Waals surface area (Å²) in [6.07, 6.45) is 2.77. The molecule has 17 heavy (non-hydrogen) atoms. The van der Waals surface area contributed by atoms with Gasteiger partial charge in [-0.3, -0.25) is 0 Å². The van der Waals surface area contributed by atoms with Gasteiger partial charge in [0.15, 0.2) is 5.69 Å². The third-order valence-electron chi connectivity index (χ3n) is 2.16. The highest BCUT2D eigenvalue weighted by Crippen LogP contribution is 2.24. The predicted octanol–water partition coefficient (Wildman–Crippen LogP) is 2.03. The first-order chi connectivity index (χ1) is 8.19. The minimum atomic E-state index is 0.256. The minimum absolute atomic E-state index is 0.256. The van der Waals surface area contributed by atoms with E-state index >= 15 is 0 Å². The zero-order valence-electron chi connectivity index (χ0n) is 9.21. The Kier molecular flexibility index (Phi) is 2.88. The Balaban J connectivity index is 2.23. The quantitative estimate of drug-likeness (QED) is 0.792. The lowest BCUT2D eigenvalue weighted by molar-refractivity contribution is 0.456. The Morgan fingerprint density at radius 2 is 2.12 bits per heavy atom. The summed E-state index contributed by atoms with van der Waals surface area (Å²) in [6.45, 7) is 1.89. The van der Waals surface area contributed by atoms with E-state index in [-0.39, 0.29) is 5.69 Å². The number of anilines is 1. The number of hydrogen-bond donors (Lipinski definition) is 1. The molecular weight excluding hydrogens is 216 g/mol. The molecule has 2 rings (SSSR count). The van der Waals surface area contributed by atoms with Crippen LogP contribution in [0.3, 0.4) is 0 Å². The summed E-state index contributed by atoms with van der Waals surface area (Å²) in [5, 5.41) is 8.59. The molecule has 1 aromatic heterocycles. The molecule has 0 atom stereocenters. The standard InChI is InChI=1S/C12H10N4O/c1-8-4-9(14)2-3-11(8)17-12-7-15-10(5-13)6-16-12/h2-4,6-7H,14H2,1H3. The number of nitriles is 1. The van der Waals surface area contributed by atoms with Crippen LogP contribution in [0.5, 0.6) is 11.6 Å². The summed E-state index contributed by atoms with van der Waals surface area (Å²) in [5.74, 6) is 1.01. The van der Waals surface area contributed by atoms with Crippen LogP contribution < -0.4 is 10.5 Å². The summed E-state index contributed by atoms with van der Waals surface area (Å²) in [6, 6.07) is 7.22. The molecule has 0 saturated carbocycles. The maximum Gasteiger partial charge on any atom is 0.237 e. The fourth-order valence-electron chi connectivity index (χ4n) is 1.33. The highest BCUT2D eigenvalue weighted by Gasteiger charge is 2.03. The third-order valence-corrected chi connectivity index (χ3v) is 2.16. The average Bonchev–Trinajstić information content (AvgIpc) is 2.34. The monoisotopic (exact) mass is 226 g/mol. The molecule has 1 aromatic carbocycles. The van der Waals surface area contributed by atoms with E-state index in [0.717, 1.165) is 5.56 Å². The molecule has 0 aliphatic carbocycles. The van der Waals surface area contributed by atoms with Gasteiger partial charge < -0.3 is 10.5 Å². The van der Waals surface area contributed by atoms with Gasteiger partial charge in [0.25, 0.3) is 0 Å². The first kappa shape index (κ1) is 10.9. The van der Waals surface area contributed by atoms with Crippen LogP contribution >= 0.6 is 0 Å². The van der Waals surface area contributed by atoms with Crippen molar-refractivity contribution in [2.75, 3.05) is 5.73 Å². The smallest absolute Gasteiger partial charge is 0.237 e. The largest absolute Gasteiger partial charge is 0.437 e. The number of aromatic nitrogens is 2. The van der Waals surface area contributed by atoms with Crippen LogP contribution in [-0.4, -0.2) is 9.97 Å². The number of benzene rings is 1. The Morgan fingerprint density at radius 3 is 2.71 bits per heavy atom. The van der Waals surface area contributed by atoms with Gasteiger partial charge in [0.05, 0.1) is 12.4 Å². The lowest BCUT2D eigenvalue weighted by atomic mass is 10.2. The minimum Gasteiger partial charge on any atom is -0.437 e. The van der Waals surface area contributed by atoms with Crippen LogP contribution in [0.4, 0.5) is 5.69 Å². The van der Waals surface area contributed by atoms with Gasteiger partial charge in [-0.1, -0.05) is 0 Å². The Morgan fingerprint density at radius 1 is 1.29 bits per heavy atom. The average molecular weight is 226 g/mol. The van der Waals surface area contributed by atoms with Gasteiger partial charge in [-0.2, -0.15) is 5.26 Å². The number of aryl methyl sites for hydroxylation is 1. The van der Waals surface area contributed by atoms with Crippen molar-refractivity contribution in [3.8, 4) is 17.7 Å². The SMILES string of the molecule is Cc1cc(N)ccc1Oc1cnc(C#N)cn1. The van der Waals surface area contributed by atoms with Gasteiger partial charge in [-0.25, -0.2) is 9.97 Å². The second-order valence-electron chi connectivity index (χ2n) is 3.48. The molecule has 0 unspecified atom stereocenters. The molecular formula is C12H10N4O. The van der Waals surface area contributed by atoms with E-state index < -0.39 is 0 Å². The van der Waals surface area contributed by atoms with Crippen molar-refractivity contribution < 1.29 is 4.74 Å². The highest BCUT2D eigenvalue weighted by atomic mass is 16.5. The van der Waals surface area contributed by atoms with Crippen molar-refractivity contribution >= 4 is 5.69 Å². The zero-order chi connectivity index (χ0) is 12.3. The van der Waals surface area contributed by atoms with Gasteiger partial charge in [-0.05, 0) is 30.7 Å². The summed E-state index contributed by atoms with van der Waals surface area (Å²) in [4.78, 5) is 7.84. The van der Waals surface area contributed by atoms with Gasteiger partial charge in [0, 0.05) is 5.69 Å². The lowest BCUT2D eigenvalue weighted by Gasteiger charge is -2.07. The molecule has 5 heteroatoms. The Hall–Kier alpha value is -2.61. The van der Waals surface area contributed by atoms with Crippen LogP contribution in [-0.2, 0) is 0 Å². The van der Waals surface area contributed by atoms with Crippen molar-refractivity contribution in [1.29, 1.82) is 5.26 Å². The first-order valence-electron chi connectivity index (χ1n) is 4.95. The van der Waals surface area contributed by atoms with Crippen molar-refractivity contribution in [3.63, 3.8) is 0 Å². The van der Waals surface area contributed by atoms with Crippen LogP contribution in [0, 0.1) is 18.3 Å². The number of nitrogens with two attached hydrogens (primary N) is 1. The van der Waals surface area contributed by atoms with Crippen molar-refractivity contribution in [2.45, 2.75) is 6.92 Å². The predicted molar refractivity (Wildman–Crippen MR) is 62.4 cm³/mol. The fourth-order valence-corrected chi connectivity index (χ4v) is 1.33. The number of nitrogen functional groups attached to an aromatic ring is 1. The fraction of sp³-hybridized carbons (Fsp3) is 0.0833. The van der Waals surface area contributed by atoms with E-state index in [1.165, 1.54) is 12.4 Å². The van der Waals surface area contributed by atoms with Gasteiger partial charge in [0.1, 0.15) is 11.8 Å². The topological polar surface area (TPSA) is 84.8 Å².